The Hall–Kier alpha value is -0.870. The van der Waals surface area contributed by atoms with Gasteiger partial charge >= 0.3 is 0 Å². The van der Waals surface area contributed by atoms with Crippen LogP contribution in [0.25, 0.3) is 0 Å². The fourth-order valence-electron chi connectivity index (χ4n) is 2.66. The van der Waals surface area contributed by atoms with Gasteiger partial charge in [0.25, 0.3) is 0 Å². The van der Waals surface area contributed by atoms with E-state index in [1.54, 1.807) is 24.3 Å². The third-order valence-corrected chi connectivity index (χ3v) is 5.83. The summed E-state index contributed by atoms with van der Waals surface area (Å²) in [6, 6.07) is 8.56. The number of hydrogen-bond donors (Lipinski definition) is 1. The highest BCUT2D eigenvalue weighted by atomic mass is 32.2. The van der Waals surface area contributed by atoms with Crippen LogP contribution in [0.3, 0.4) is 0 Å². The van der Waals surface area contributed by atoms with Gasteiger partial charge in [-0.2, -0.15) is 0 Å². The Morgan fingerprint density at radius 1 is 1.00 bits per heavy atom. The number of sulfone groups is 1. The molecule has 2 rings (SSSR count). The van der Waals surface area contributed by atoms with E-state index in [4.69, 9.17) is 5.73 Å². The molecule has 2 N–H and O–H groups in total. The topological polar surface area (TPSA) is 60.2 Å². The van der Waals surface area contributed by atoms with Gasteiger partial charge in [-0.3, -0.25) is 0 Å². The van der Waals surface area contributed by atoms with E-state index in [-0.39, 0.29) is 5.92 Å². The Kier molecular flexibility index (Phi) is 4.40. The monoisotopic (exact) mass is 267 g/mol. The Morgan fingerprint density at radius 3 is 2.11 bits per heavy atom. The minimum Gasteiger partial charge on any atom is -0.315 e. The molecular formula is C14H21NO2S. The SMILES string of the molecule is NC(C1CCCCCC1)S(=O)(=O)c1ccccc1. The van der Waals surface area contributed by atoms with Gasteiger partial charge in [-0.25, -0.2) is 8.42 Å². The predicted octanol–water partition coefficient (Wildman–Crippen LogP) is 2.72. The van der Waals surface area contributed by atoms with E-state index in [9.17, 15) is 8.42 Å². The summed E-state index contributed by atoms with van der Waals surface area (Å²) in [5, 5.41) is -0.752. The molecule has 1 fully saturated rings. The second-order valence-electron chi connectivity index (χ2n) is 5.07. The summed E-state index contributed by atoms with van der Waals surface area (Å²) < 4.78 is 24.8. The highest BCUT2D eigenvalue weighted by Gasteiger charge is 2.31. The van der Waals surface area contributed by atoms with E-state index in [2.05, 4.69) is 0 Å². The van der Waals surface area contributed by atoms with Gasteiger partial charge < -0.3 is 5.73 Å². The van der Waals surface area contributed by atoms with Gasteiger partial charge in [-0.1, -0.05) is 43.9 Å². The van der Waals surface area contributed by atoms with Crippen LogP contribution in [-0.4, -0.2) is 13.8 Å². The molecule has 0 saturated heterocycles. The number of nitrogens with two attached hydrogens (primary N) is 1. The van der Waals surface area contributed by atoms with Crippen molar-refractivity contribution in [1.29, 1.82) is 0 Å². The van der Waals surface area contributed by atoms with Crippen molar-refractivity contribution < 1.29 is 8.42 Å². The third-order valence-electron chi connectivity index (χ3n) is 3.79. The zero-order valence-electron chi connectivity index (χ0n) is 10.6. The maximum Gasteiger partial charge on any atom is 0.194 e. The van der Waals surface area contributed by atoms with E-state index < -0.39 is 15.2 Å². The van der Waals surface area contributed by atoms with Crippen LogP contribution in [0.2, 0.25) is 0 Å². The summed E-state index contributed by atoms with van der Waals surface area (Å²) >= 11 is 0. The average molecular weight is 267 g/mol. The van der Waals surface area contributed by atoms with Gasteiger partial charge in [-0.15, -0.1) is 0 Å². The minimum atomic E-state index is -3.38. The van der Waals surface area contributed by atoms with Gasteiger partial charge in [-0.05, 0) is 30.9 Å². The largest absolute Gasteiger partial charge is 0.315 e. The quantitative estimate of drug-likeness (QED) is 0.857. The third kappa shape index (κ3) is 2.93. The summed E-state index contributed by atoms with van der Waals surface area (Å²) in [6.45, 7) is 0. The van der Waals surface area contributed by atoms with Crippen LogP contribution < -0.4 is 5.73 Å². The van der Waals surface area contributed by atoms with Crippen LogP contribution >= 0.6 is 0 Å². The molecular weight excluding hydrogens is 246 g/mol. The lowest BCUT2D eigenvalue weighted by atomic mass is 10.0. The molecule has 0 aromatic heterocycles. The van der Waals surface area contributed by atoms with Gasteiger partial charge in [0, 0.05) is 0 Å². The average Bonchev–Trinajstić information content (AvgIpc) is 2.67. The zero-order chi connectivity index (χ0) is 13.0. The van der Waals surface area contributed by atoms with Crippen molar-refractivity contribution in [3.05, 3.63) is 30.3 Å². The van der Waals surface area contributed by atoms with Crippen LogP contribution in [0.5, 0.6) is 0 Å². The zero-order valence-corrected chi connectivity index (χ0v) is 11.4. The van der Waals surface area contributed by atoms with Gasteiger partial charge in [0.15, 0.2) is 9.84 Å². The van der Waals surface area contributed by atoms with Crippen LogP contribution in [-0.2, 0) is 9.84 Å². The van der Waals surface area contributed by atoms with Crippen molar-refractivity contribution in [3.8, 4) is 0 Å². The lowest BCUT2D eigenvalue weighted by molar-refractivity contribution is 0.428. The van der Waals surface area contributed by atoms with Gasteiger partial charge in [0.2, 0.25) is 0 Å². The molecule has 1 unspecified atom stereocenters. The van der Waals surface area contributed by atoms with E-state index in [1.807, 2.05) is 6.07 Å². The lowest BCUT2D eigenvalue weighted by Gasteiger charge is -2.22. The number of rotatable bonds is 3. The maximum absolute atomic E-state index is 12.4. The predicted molar refractivity (Wildman–Crippen MR) is 72.8 cm³/mol. The molecule has 0 bridgehead atoms. The fraction of sp³-hybridized carbons (Fsp3) is 0.571. The molecule has 3 nitrogen and oxygen atoms in total. The van der Waals surface area contributed by atoms with Gasteiger partial charge in [0.05, 0.1) is 4.90 Å². The smallest absolute Gasteiger partial charge is 0.194 e. The molecule has 4 heteroatoms. The number of benzene rings is 1. The first-order valence-corrected chi connectivity index (χ1v) is 8.21. The standard InChI is InChI=1S/C14H21NO2S/c15-14(12-8-4-1-2-5-9-12)18(16,17)13-10-6-3-7-11-13/h3,6-7,10-12,14H,1-2,4-5,8-9,15H2. The molecule has 0 spiro atoms. The molecule has 1 aromatic carbocycles. The summed E-state index contributed by atoms with van der Waals surface area (Å²) in [7, 11) is -3.38. The Morgan fingerprint density at radius 2 is 1.56 bits per heavy atom. The summed E-state index contributed by atoms with van der Waals surface area (Å²) in [4.78, 5) is 0.349. The van der Waals surface area contributed by atoms with Crippen LogP contribution in [0, 0.1) is 5.92 Å². The first-order chi connectivity index (χ1) is 8.62. The molecule has 0 aliphatic heterocycles. The summed E-state index contributed by atoms with van der Waals surface area (Å²) in [5.74, 6) is 0.109. The van der Waals surface area contributed by atoms with E-state index >= 15 is 0 Å². The molecule has 0 amide bonds. The second-order valence-corrected chi connectivity index (χ2v) is 7.18. The maximum atomic E-state index is 12.4. The fourth-order valence-corrected chi connectivity index (χ4v) is 4.29. The van der Waals surface area contributed by atoms with Crippen molar-refractivity contribution in [2.45, 2.75) is 48.8 Å². The molecule has 100 valence electrons. The number of hydrogen-bond acceptors (Lipinski definition) is 3. The summed E-state index contributed by atoms with van der Waals surface area (Å²) in [5.41, 5.74) is 6.04. The molecule has 1 saturated carbocycles. The minimum absolute atomic E-state index is 0.109. The molecule has 0 radical (unpaired) electrons. The highest BCUT2D eigenvalue weighted by Crippen LogP contribution is 2.29. The second kappa shape index (κ2) is 5.85. The van der Waals surface area contributed by atoms with Crippen LogP contribution in [0.15, 0.2) is 35.2 Å². The Bertz CT molecular complexity index is 462. The molecule has 1 aliphatic rings. The molecule has 0 heterocycles. The van der Waals surface area contributed by atoms with Crippen molar-refractivity contribution in [3.63, 3.8) is 0 Å². The first kappa shape index (κ1) is 13.6. The van der Waals surface area contributed by atoms with Crippen molar-refractivity contribution in [2.24, 2.45) is 11.7 Å². The molecule has 1 atom stereocenters. The molecule has 1 aliphatic carbocycles. The first-order valence-electron chi connectivity index (χ1n) is 6.67. The normalized spacial score (nSPS) is 20.3. The Labute approximate surface area is 109 Å². The highest BCUT2D eigenvalue weighted by molar-refractivity contribution is 7.92. The van der Waals surface area contributed by atoms with Crippen LogP contribution in [0.1, 0.15) is 38.5 Å². The van der Waals surface area contributed by atoms with Crippen molar-refractivity contribution in [2.75, 3.05) is 0 Å². The van der Waals surface area contributed by atoms with E-state index in [0.717, 1.165) is 25.7 Å². The summed E-state index contributed by atoms with van der Waals surface area (Å²) in [6.07, 6.45) is 6.48. The van der Waals surface area contributed by atoms with Gasteiger partial charge in [0.1, 0.15) is 5.37 Å². The van der Waals surface area contributed by atoms with E-state index in [0.29, 0.717) is 4.90 Å². The van der Waals surface area contributed by atoms with Crippen molar-refractivity contribution in [1.82, 2.24) is 0 Å². The molecule has 1 aromatic rings. The molecule has 18 heavy (non-hydrogen) atoms. The Balaban J connectivity index is 2.19. The van der Waals surface area contributed by atoms with E-state index in [1.165, 1.54) is 12.8 Å². The van der Waals surface area contributed by atoms with Crippen LogP contribution in [0.4, 0.5) is 0 Å². The lowest BCUT2D eigenvalue weighted by Crippen LogP contribution is -2.38. The van der Waals surface area contributed by atoms with Crippen molar-refractivity contribution >= 4 is 9.84 Å².